The summed E-state index contributed by atoms with van der Waals surface area (Å²) in [4.78, 5) is 12.5. The topological polar surface area (TPSA) is 97.4 Å². The van der Waals surface area contributed by atoms with Crippen molar-refractivity contribution in [2.24, 2.45) is 0 Å². The van der Waals surface area contributed by atoms with Crippen molar-refractivity contribution in [3.8, 4) is 0 Å². The second kappa shape index (κ2) is 15.2. The summed E-state index contributed by atoms with van der Waals surface area (Å²) in [5, 5.41) is 0. The van der Waals surface area contributed by atoms with E-state index in [1.807, 2.05) is 91.0 Å². The minimum absolute atomic E-state index is 0.00709. The van der Waals surface area contributed by atoms with Gasteiger partial charge in [0.15, 0.2) is 6.10 Å². The van der Waals surface area contributed by atoms with E-state index in [0.29, 0.717) is 0 Å². The van der Waals surface area contributed by atoms with Gasteiger partial charge >= 0.3 is 5.97 Å². The van der Waals surface area contributed by atoms with E-state index in [-0.39, 0.29) is 31.3 Å². The number of rotatable bonds is 13. The number of hydrogen-bond acceptors (Lipinski definition) is 8. The molecule has 0 bridgehead atoms. The fourth-order valence-corrected chi connectivity index (χ4v) is 6.77. The van der Waals surface area contributed by atoms with Crippen LogP contribution in [0.4, 0.5) is 0 Å². The van der Waals surface area contributed by atoms with E-state index in [0.717, 1.165) is 16.7 Å². The third-order valence-corrected chi connectivity index (χ3v) is 9.16. The van der Waals surface area contributed by atoms with Gasteiger partial charge in [-0.3, -0.25) is 4.79 Å². The number of sulfone groups is 1. The summed E-state index contributed by atoms with van der Waals surface area (Å²) in [6, 6.07) is 36.7. The Morgan fingerprint density at radius 2 is 1.09 bits per heavy atom. The first-order valence-corrected chi connectivity index (χ1v) is 16.0. The van der Waals surface area contributed by atoms with Crippen LogP contribution in [0.25, 0.3) is 0 Å². The molecule has 0 radical (unpaired) electrons. The molecule has 1 fully saturated rings. The third kappa shape index (κ3) is 8.19. The van der Waals surface area contributed by atoms with Crippen molar-refractivity contribution in [2.45, 2.75) is 61.5 Å². The fourth-order valence-electron chi connectivity index (χ4n) is 5.12. The summed E-state index contributed by atoms with van der Waals surface area (Å²) in [5.74, 6) is -0.666. The second-order valence-electron chi connectivity index (χ2n) is 10.5. The van der Waals surface area contributed by atoms with Crippen LogP contribution in [-0.2, 0) is 58.1 Å². The van der Waals surface area contributed by atoms with Gasteiger partial charge in [0.25, 0.3) is 0 Å². The number of ether oxygens (including phenoxy) is 5. The van der Waals surface area contributed by atoms with Crippen LogP contribution in [-0.4, -0.2) is 50.8 Å². The fraction of sp³-hybridized carbons (Fsp3) is 0.286. The van der Waals surface area contributed by atoms with Crippen molar-refractivity contribution in [2.75, 3.05) is 6.61 Å². The first-order valence-electron chi connectivity index (χ1n) is 14.5. The molecule has 1 aliphatic rings. The minimum Gasteiger partial charge on any atom is -0.456 e. The average Bonchev–Trinajstić information content (AvgIpc) is 3.05. The molecule has 0 spiro atoms. The van der Waals surface area contributed by atoms with Crippen LogP contribution >= 0.6 is 0 Å². The van der Waals surface area contributed by atoms with Crippen molar-refractivity contribution < 1.29 is 36.9 Å². The smallest absolute Gasteiger partial charge is 0.303 e. The van der Waals surface area contributed by atoms with E-state index in [1.165, 1.54) is 19.1 Å². The monoisotopic (exact) mass is 616 g/mol. The molecule has 1 heterocycles. The van der Waals surface area contributed by atoms with Crippen LogP contribution in [0.3, 0.4) is 0 Å². The predicted octanol–water partition coefficient (Wildman–Crippen LogP) is 5.50. The molecule has 0 amide bonds. The molecule has 5 rings (SSSR count). The molecule has 0 aliphatic carbocycles. The quantitative estimate of drug-likeness (QED) is 0.182. The van der Waals surface area contributed by atoms with Gasteiger partial charge < -0.3 is 23.7 Å². The lowest BCUT2D eigenvalue weighted by Crippen LogP contribution is -2.63. The van der Waals surface area contributed by atoms with Crippen LogP contribution < -0.4 is 0 Å². The third-order valence-electron chi connectivity index (χ3n) is 7.24. The largest absolute Gasteiger partial charge is 0.456 e. The van der Waals surface area contributed by atoms with Gasteiger partial charge in [0.2, 0.25) is 15.3 Å². The highest BCUT2D eigenvalue weighted by molar-refractivity contribution is 7.92. The van der Waals surface area contributed by atoms with E-state index >= 15 is 0 Å². The highest BCUT2D eigenvalue weighted by atomic mass is 32.2. The lowest BCUT2D eigenvalue weighted by atomic mass is 9.99. The van der Waals surface area contributed by atoms with Crippen molar-refractivity contribution in [1.29, 1.82) is 0 Å². The maximum atomic E-state index is 14.1. The van der Waals surface area contributed by atoms with E-state index in [4.69, 9.17) is 23.7 Å². The van der Waals surface area contributed by atoms with Crippen molar-refractivity contribution in [1.82, 2.24) is 0 Å². The molecule has 9 heteroatoms. The second-order valence-corrected chi connectivity index (χ2v) is 12.5. The summed E-state index contributed by atoms with van der Waals surface area (Å²) >= 11 is 0. The maximum Gasteiger partial charge on any atom is 0.303 e. The first kappa shape index (κ1) is 31.6. The van der Waals surface area contributed by atoms with Crippen LogP contribution in [0.5, 0.6) is 0 Å². The van der Waals surface area contributed by atoms with E-state index in [9.17, 15) is 13.2 Å². The van der Waals surface area contributed by atoms with Crippen molar-refractivity contribution in [3.63, 3.8) is 0 Å². The highest BCUT2D eigenvalue weighted by Crippen LogP contribution is 2.35. The molecule has 44 heavy (non-hydrogen) atoms. The van der Waals surface area contributed by atoms with E-state index in [1.54, 1.807) is 18.2 Å². The molecule has 230 valence electrons. The molecule has 5 atom stereocenters. The molecule has 0 aromatic heterocycles. The van der Waals surface area contributed by atoms with Gasteiger partial charge in [0.05, 0.1) is 31.3 Å². The standard InChI is InChI=1S/C35H36O8S/c1-26(36)42-34-33(41-24-29-18-10-4-11-19-29)32(40-23-28-16-8-3-9-17-28)31(25-39-22-27-14-6-2-7-15-27)43-35(34)44(37,38)30-20-12-5-13-21-30/h2-21,31-35H,22-25H2,1H3/t31-,32-,33+,34-,35+/m1/s1. The predicted molar refractivity (Wildman–Crippen MR) is 164 cm³/mol. The van der Waals surface area contributed by atoms with Gasteiger partial charge in [-0.1, -0.05) is 109 Å². The van der Waals surface area contributed by atoms with Crippen LogP contribution in [0.15, 0.2) is 126 Å². The molecule has 4 aromatic carbocycles. The average molecular weight is 617 g/mol. The first-order chi connectivity index (χ1) is 21.4. The van der Waals surface area contributed by atoms with Crippen molar-refractivity contribution >= 4 is 15.8 Å². The number of carbonyl (C=O) groups excluding carboxylic acids is 1. The lowest BCUT2D eigenvalue weighted by molar-refractivity contribution is -0.250. The minimum atomic E-state index is -4.16. The number of hydrogen-bond donors (Lipinski definition) is 0. The summed E-state index contributed by atoms with van der Waals surface area (Å²) in [6.45, 7) is 1.84. The van der Waals surface area contributed by atoms with Gasteiger partial charge in [-0.25, -0.2) is 8.42 Å². The zero-order chi connectivity index (χ0) is 30.8. The number of esters is 1. The Bertz CT molecular complexity index is 1550. The summed E-state index contributed by atoms with van der Waals surface area (Å²) < 4.78 is 59.2. The van der Waals surface area contributed by atoms with Gasteiger partial charge in [0.1, 0.15) is 18.3 Å². The molecular weight excluding hydrogens is 580 g/mol. The highest BCUT2D eigenvalue weighted by Gasteiger charge is 2.54. The Hall–Kier alpha value is -3.86. The summed E-state index contributed by atoms with van der Waals surface area (Å²) in [7, 11) is -4.16. The van der Waals surface area contributed by atoms with Gasteiger partial charge in [0, 0.05) is 6.92 Å². The van der Waals surface area contributed by atoms with E-state index < -0.39 is 45.7 Å². The molecule has 0 N–H and O–H groups in total. The Kier molecular flexibility index (Phi) is 10.9. The van der Waals surface area contributed by atoms with Crippen LogP contribution in [0, 0.1) is 0 Å². The summed E-state index contributed by atoms with van der Waals surface area (Å²) in [6.07, 6.45) is -4.06. The van der Waals surface area contributed by atoms with Crippen LogP contribution in [0.1, 0.15) is 23.6 Å². The SMILES string of the molecule is CC(=O)O[C@@H]1[C@@H](OCc2ccccc2)[C@H](OCc2ccccc2)[C@@H](COCc2ccccc2)O[C@H]1S(=O)(=O)c1ccccc1. The van der Waals surface area contributed by atoms with Crippen molar-refractivity contribution in [3.05, 3.63) is 138 Å². The maximum absolute atomic E-state index is 14.1. The van der Waals surface area contributed by atoms with Crippen LogP contribution in [0.2, 0.25) is 0 Å². The molecule has 1 aliphatic heterocycles. The Balaban J connectivity index is 1.51. The Morgan fingerprint density at radius 3 is 1.59 bits per heavy atom. The number of benzene rings is 4. The zero-order valence-corrected chi connectivity index (χ0v) is 25.3. The Morgan fingerprint density at radius 1 is 0.636 bits per heavy atom. The lowest BCUT2D eigenvalue weighted by Gasteiger charge is -2.45. The Labute approximate surface area is 258 Å². The zero-order valence-electron chi connectivity index (χ0n) is 24.4. The normalized spacial score (nSPS) is 21.9. The molecule has 4 aromatic rings. The molecule has 1 saturated heterocycles. The molecule has 0 unspecified atom stereocenters. The molecular formula is C35H36O8S. The van der Waals surface area contributed by atoms with Gasteiger partial charge in [-0.15, -0.1) is 0 Å². The summed E-state index contributed by atoms with van der Waals surface area (Å²) in [5.41, 5.74) is 1.15. The molecule has 8 nitrogen and oxygen atoms in total. The molecule has 0 saturated carbocycles. The number of carbonyl (C=O) groups is 1. The van der Waals surface area contributed by atoms with E-state index in [2.05, 4.69) is 0 Å². The van der Waals surface area contributed by atoms with Gasteiger partial charge in [-0.05, 0) is 28.8 Å². The van der Waals surface area contributed by atoms with Gasteiger partial charge in [-0.2, -0.15) is 0 Å².